The number of morpholine rings is 1. The lowest BCUT2D eigenvalue weighted by atomic mass is 9.84. The zero-order chi connectivity index (χ0) is 27.0. The van der Waals surface area contributed by atoms with Crippen molar-refractivity contribution in [2.45, 2.75) is 77.5 Å². The van der Waals surface area contributed by atoms with Crippen LogP contribution in [0.4, 0.5) is 4.39 Å². The molecule has 3 atom stereocenters. The lowest BCUT2D eigenvalue weighted by Gasteiger charge is -2.41. The SMILES string of the molecule is CCC1(N2Cc3c(OCc4ccc(CN5CC(C)OC(C)C5)cc4F)cccc3C2=O)CCC(=O)NC1=O. The van der Waals surface area contributed by atoms with Gasteiger partial charge in [-0.3, -0.25) is 24.6 Å². The highest BCUT2D eigenvalue weighted by atomic mass is 19.1. The van der Waals surface area contributed by atoms with Crippen LogP contribution in [0, 0.1) is 5.82 Å². The molecule has 2 aromatic carbocycles. The average molecular weight is 524 g/mol. The summed E-state index contributed by atoms with van der Waals surface area (Å²) in [5.41, 5.74) is 1.36. The number of nitrogens with zero attached hydrogens (tertiary/aromatic N) is 2. The van der Waals surface area contributed by atoms with Crippen molar-refractivity contribution in [3.05, 3.63) is 64.5 Å². The second-order valence-electron chi connectivity index (χ2n) is 10.6. The van der Waals surface area contributed by atoms with Crippen LogP contribution in [0.5, 0.6) is 5.75 Å². The van der Waals surface area contributed by atoms with Crippen molar-refractivity contribution in [3.8, 4) is 5.75 Å². The van der Waals surface area contributed by atoms with Crippen LogP contribution in [-0.4, -0.2) is 58.4 Å². The Bertz CT molecular complexity index is 1260. The Morgan fingerprint density at radius 1 is 1.13 bits per heavy atom. The van der Waals surface area contributed by atoms with E-state index in [1.807, 2.05) is 26.8 Å². The number of fused-ring (bicyclic) bond motifs is 1. The van der Waals surface area contributed by atoms with Crippen LogP contribution in [0.1, 0.15) is 67.1 Å². The molecule has 3 aliphatic rings. The molecule has 5 rings (SSSR count). The molecule has 0 saturated carbocycles. The second-order valence-corrected chi connectivity index (χ2v) is 10.6. The molecule has 0 radical (unpaired) electrons. The standard InChI is InChI=1S/C29H34FN3O5/c1-4-29(11-10-26(34)31-28(29)36)33-16-23-22(27(33)35)6-5-7-25(23)37-17-21-9-8-20(12-24(21)30)15-32-13-18(2)38-19(3)14-32/h5-9,12,18-19H,4,10-11,13-17H2,1-3H3,(H,31,34,36). The van der Waals surface area contributed by atoms with E-state index in [0.29, 0.717) is 35.4 Å². The summed E-state index contributed by atoms with van der Waals surface area (Å²) >= 11 is 0. The molecular formula is C29H34FN3O5. The summed E-state index contributed by atoms with van der Waals surface area (Å²) in [6, 6.07) is 10.4. The summed E-state index contributed by atoms with van der Waals surface area (Å²) < 4.78 is 26.8. The van der Waals surface area contributed by atoms with E-state index in [4.69, 9.17) is 9.47 Å². The highest BCUT2D eigenvalue weighted by Crippen LogP contribution is 2.39. The second kappa shape index (κ2) is 10.5. The van der Waals surface area contributed by atoms with Crippen molar-refractivity contribution in [1.29, 1.82) is 0 Å². The first-order chi connectivity index (χ1) is 18.2. The van der Waals surface area contributed by atoms with Crippen LogP contribution in [0.25, 0.3) is 0 Å². The van der Waals surface area contributed by atoms with Gasteiger partial charge in [0.1, 0.15) is 23.7 Å². The summed E-state index contributed by atoms with van der Waals surface area (Å²) in [7, 11) is 0. The maximum atomic E-state index is 15.0. The molecule has 2 saturated heterocycles. The molecule has 1 N–H and O–H groups in total. The molecule has 38 heavy (non-hydrogen) atoms. The maximum Gasteiger partial charge on any atom is 0.255 e. The molecule has 8 nitrogen and oxygen atoms in total. The van der Waals surface area contributed by atoms with E-state index in [1.165, 1.54) is 0 Å². The minimum Gasteiger partial charge on any atom is -0.488 e. The van der Waals surface area contributed by atoms with Crippen LogP contribution in [-0.2, 0) is 34.0 Å². The van der Waals surface area contributed by atoms with Gasteiger partial charge in [0, 0.05) is 42.7 Å². The normalized spacial score (nSPS) is 25.9. The van der Waals surface area contributed by atoms with E-state index in [0.717, 1.165) is 18.7 Å². The van der Waals surface area contributed by atoms with Gasteiger partial charge in [-0.05, 0) is 50.5 Å². The molecule has 3 amide bonds. The molecule has 0 aromatic heterocycles. The number of nitrogens with one attached hydrogen (secondary N) is 1. The zero-order valence-electron chi connectivity index (χ0n) is 22.1. The third-order valence-corrected chi connectivity index (χ3v) is 7.87. The average Bonchev–Trinajstić information content (AvgIpc) is 3.21. The molecule has 2 fully saturated rings. The number of halogens is 1. The third-order valence-electron chi connectivity index (χ3n) is 7.87. The van der Waals surface area contributed by atoms with Gasteiger partial charge in [-0.25, -0.2) is 4.39 Å². The third kappa shape index (κ3) is 4.92. The number of imide groups is 1. The Hall–Kier alpha value is -3.30. The molecule has 0 aliphatic carbocycles. The molecule has 0 spiro atoms. The first-order valence-electron chi connectivity index (χ1n) is 13.3. The van der Waals surface area contributed by atoms with E-state index in [9.17, 15) is 14.4 Å². The van der Waals surface area contributed by atoms with Gasteiger partial charge in [-0.2, -0.15) is 0 Å². The minimum absolute atomic E-state index is 0.0102. The van der Waals surface area contributed by atoms with E-state index < -0.39 is 11.4 Å². The van der Waals surface area contributed by atoms with Crippen LogP contribution >= 0.6 is 0 Å². The highest BCUT2D eigenvalue weighted by molar-refractivity contribution is 6.07. The Labute approximate surface area is 222 Å². The molecular weight excluding hydrogens is 489 g/mol. The smallest absolute Gasteiger partial charge is 0.255 e. The molecule has 3 heterocycles. The molecule has 2 aromatic rings. The monoisotopic (exact) mass is 523 g/mol. The molecule has 3 unspecified atom stereocenters. The fourth-order valence-corrected chi connectivity index (χ4v) is 5.94. The quantitative estimate of drug-likeness (QED) is 0.559. The lowest BCUT2D eigenvalue weighted by molar-refractivity contribution is -0.143. The van der Waals surface area contributed by atoms with E-state index in [2.05, 4.69) is 10.2 Å². The van der Waals surface area contributed by atoms with Crippen molar-refractivity contribution in [1.82, 2.24) is 15.1 Å². The summed E-state index contributed by atoms with van der Waals surface area (Å²) in [4.78, 5) is 41.8. The predicted octanol–water partition coefficient (Wildman–Crippen LogP) is 3.56. The highest BCUT2D eigenvalue weighted by Gasteiger charge is 2.51. The number of carbonyl (C=O) groups excluding carboxylic acids is 3. The van der Waals surface area contributed by atoms with Crippen molar-refractivity contribution in [2.24, 2.45) is 0 Å². The minimum atomic E-state index is -1.08. The van der Waals surface area contributed by atoms with E-state index >= 15 is 4.39 Å². The van der Waals surface area contributed by atoms with Gasteiger partial charge in [-0.1, -0.05) is 25.1 Å². The largest absolute Gasteiger partial charge is 0.488 e. The Morgan fingerprint density at radius 3 is 2.58 bits per heavy atom. The number of benzene rings is 2. The number of ether oxygens (including phenoxy) is 2. The maximum absolute atomic E-state index is 15.0. The summed E-state index contributed by atoms with van der Waals surface area (Å²) in [5, 5.41) is 2.39. The number of hydrogen-bond acceptors (Lipinski definition) is 6. The lowest BCUT2D eigenvalue weighted by Crippen LogP contribution is -2.62. The number of carbonyl (C=O) groups is 3. The number of amides is 3. The summed E-state index contributed by atoms with van der Waals surface area (Å²) in [5.74, 6) is -0.885. The van der Waals surface area contributed by atoms with Crippen molar-refractivity contribution in [3.63, 3.8) is 0 Å². The van der Waals surface area contributed by atoms with Gasteiger partial charge in [0.25, 0.3) is 11.8 Å². The molecule has 202 valence electrons. The first-order valence-corrected chi connectivity index (χ1v) is 13.3. The Kier molecular flexibility index (Phi) is 7.24. The fraction of sp³-hybridized carbons (Fsp3) is 0.483. The van der Waals surface area contributed by atoms with E-state index in [-0.39, 0.29) is 55.8 Å². The van der Waals surface area contributed by atoms with E-state index in [1.54, 1.807) is 35.2 Å². The van der Waals surface area contributed by atoms with Crippen molar-refractivity contribution in [2.75, 3.05) is 13.1 Å². The van der Waals surface area contributed by atoms with Gasteiger partial charge < -0.3 is 14.4 Å². The number of rotatable bonds is 7. The zero-order valence-corrected chi connectivity index (χ0v) is 22.1. The fourth-order valence-electron chi connectivity index (χ4n) is 5.94. The van der Waals surface area contributed by atoms with Crippen LogP contribution < -0.4 is 10.1 Å². The van der Waals surface area contributed by atoms with Gasteiger partial charge in [0.15, 0.2) is 0 Å². The first kappa shape index (κ1) is 26.3. The van der Waals surface area contributed by atoms with Crippen LogP contribution in [0.3, 0.4) is 0 Å². The molecule has 0 bridgehead atoms. The summed E-state index contributed by atoms with van der Waals surface area (Å²) in [6.45, 7) is 8.40. The topological polar surface area (TPSA) is 88.2 Å². The van der Waals surface area contributed by atoms with Gasteiger partial charge in [-0.15, -0.1) is 0 Å². The predicted molar refractivity (Wildman–Crippen MR) is 138 cm³/mol. The van der Waals surface area contributed by atoms with Gasteiger partial charge >= 0.3 is 0 Å². The Morgan fingerprint density at radius 2 is 1.89 bits per heavy atom. The van der Waals surface area contributed by atoms with Gasteiger partial charge in [0.2, 0.25) is 5.91 Å². The summed E-state index contributed by atoms with van der Waals surface area (Å²) in [6.07, 6.45) is 1.15. The number of piperidine rings is 1. The van der Waals surface area contributed by atoms with Crippen molar-refractivity contribution >= 4 is 17.7 Å². The van der Waals surface area contributed by atoms with Crippen LogP contribution in [0.2, 0.25) is 0 Å². The molecule has 9 heteroatoms. The van der Waals surface area contributed by atoms with Crippen LogP contribution in [0.15, 0.2) is 36.4 Å². The van der Waals surface area contributed by atoms with Crippen molar-refractivity contribution < 1.29 is 28.2 Å². The molecule has 3 aliphatic heterocycles. The Balaban J connectivity index is 1.28. The number of hydrogen-bond donors (Lipinski definition) is 1. The van der Waals surface area contributed by atoms with Gasteiger partial charge in [0.05, 0.1) is 18.8 Å².